The molecule has 1 heterocycles. The number of halogens is 1. The molecule has 17 heavy (non-hydrogen) atoms. The van der Waals surface area contributed by atoms with Crippen molar-refractivity contribution < 1.29 is 0 Å². The molecule has 96 valence electrons. The van der Waals surface area contributed by atoms with Gasteiger partial charge in [-0.15, -0.1) is 0 Å². The predicted octanol–water partition coefficient (Wildman–Crippen LogP) is 2.35. The second-order valence-corrected chi connectivity index (χ2v) is 5.72. The predicted molar refractivity (Wildman–Crippen MR) is 80.6 cm³/mol. The Labute approximate surface area is 117 Å². The third-order valence-electron chi connectivity index (χ3n) is 2.49. The number of hydrogen-bond acceptors (Lipinski definition) is 4. The van der Waals surface area contributed by atoms with Gasteiger partial charge in [-0.3, -0.25) is 0 Å². The minimum atomic E-state index is 0.426. The molecular formula is C12H21IN4. The zero-order valence-electron chi connectivity index (χ0n) is 11.2. The van der Waals surface area contributed by atoms with E-state index in [1.54, 1.807) is 0 Å². The highest BCUT2D eigenvalue weighted by Gasteiger charge is 2.13. The summed E-state index contributed by atoms with van der Waals surface area (Å²) in [4.78, 5) is 11.4. The van der Waals surface area contributed by atoms with Crippen LogP contribution in [0.5, 0.6) is 0 Å². The fourth-order valence-corrected chi connectivity index (χ4v) is 2.63. The molecule has 0 bridgehead atoms. The van der Waals surface area contributed by atoms with Crippen molar-refractivity contribution in [3.8, 4) is 0 Å². The standard InChI is InChI=1S/C12H21IN4/c1-8(2)11-10(13)12(14-3)16-9(15-11)6-7-17(4)5/h8H,6-7H2,1-5H3,(H,14,15,16). The van der Waals surface area contributed by atoms with Gasteiger partial charge in [0.05, 0.1) is 9.26 Å². The molecular weight excluding hydrogens is 327 g/mol. The maximum Gasteiger partial charge on any atom is 0.143 e. The number of nitrogens with one attached hydrogen (secondary N) is 1. The van der Waals surface area contributed by atoms with E-state index in [1.807, 2.05) is 7.05 Å². The topological polar surface area (TPSA) is 41.1 Å². The summed E-state index contributed by atoms with van der Waals surface area (Å²) in [6, 6.07) is 0. The largest absolute Gasteiger partial charge is 0.372 e. The van der Waals surface area contributed by atoms with Gasteiger partial charge in [0.25, 0.3) is 0 Å². The molecule has 0 saturated heterocycles. The van der Waals surface area contributed by atoms with Crippen LogP contribution < -0.4 is 5.32 Å². The van der Waals surface area contributed by atoms with Gasteiger partial charge in [-0.05, 0) is 42.6 Å². The quantitative estimate of drug-likeness (QED) is 0.830. The zero-order chi connectivity index (χ0) is 13.0. The summed E-state index contributed by atoms with van der Waals surface area (Å²) in [6.45, 7) is 5.31. The minimum Gasteiger partial charge on any atom is -0.372 e. The lowest BCUT2D eigenvalue weighted by atomic mass is 10.1. The Balaban J connectivity index is 3.03. The van der Waals surface area contributed by atoms with E-state index in [0.29, 0.717) is 5.92 Å². The first-order valence-electron chi connectivity index (χ1n) is 5.84. The van der Waals surface area contributed by atoms with Gasteiger partial charge in [0.2, 0.25) is 0 Å². The van der Waals surface area contributed by atoms with Crippen molar-refractivity contribution in [3.05, 3.63) is 15.1 Å². The van der Waals surface area contributed by atoms with Crippen LogP contribution in [0.2, 0.25) is 0 Å². The van der Waals surface area contributed by atoms with Gasteiger partial charge in [-0.25, -0.2) is 9.97 Å². The number of rotatable bonds is 5. The highest BCUT2D eigenvalue weighted by Crippen LogP contribution is 2.24. The lowest BCUT2D eigenvalue weighted by Gasteiger charge is -2.14. The summed E-state index contributed by atoms with van der Waals surface area (Å²) in [5, 5.41) is 3.15. The third kappa shape index (κ3) is 4.06. The van der Waals surface area contributed by atoms with E-state index < -0.39 is 0 Å². The average Bonchev–Trinajstić information content (AvgIpc) is 2.27. The van der Waals surface area contributed by atoms with E-state index in [1.165, 1.54) is 0 Å². The molecule has 0 aliphatic heterocycles. The number of nitrogens with zero attached hydrogens (tertiary/aromatic N) is 3. The number of aromatic nitrogens is 2. The van der Waals surface area contributed by atoms with Gasteiger partial charge < -0.3 is 10.2 Å². The van der Waals surface area contributed by atoms with Crippen LogP contribution in [0.4, 0.5) is 5.82 Å². The molecule has 0 spiro atoms. The van der Waals surface area contributed by atoms with Crippen molar-refractivity contribution in [3.63, 3.8) is 0 Å². The molecule has 0 atom stereocenters. The molecule has 0 aliphatic carbocycles. The summed E-state index contributed by atoms with van der Waals surface area (Å²) >= 11 is 2.32. The van der Waals surface area contributed by atoms with Crippen LogP contribution in [0.1, 0.15) is 31.3 Å². The fourth-order valence-electron chi connectivity index (χ4n) is 1.50. The first kappa shape index (κ1) is 14.6. The van der Waals surface area contributed by atoms with Crippen LogP contribution in [0.15, 0.2) is 0 Å². The van der Waals surface area contributed by atoms with Crippen molar-refractivity contribution in [1.29, 1.82) is 0 Å². The number of anilines is 1. The van der Waals surface area contributed by atoms with E-state index in [4.69, 9.17) is 0 Å². The molecule has 0 aliphatic rings. The summed E-state index contributed by atoms with van der Waals surface area (Å²) in [7, 11) is 6.04. The van der Waals surface area contributed by atoms with Crippen molar-refractivity contribution >= 4 is 28.4 Å². The SMILES string of the molecule is CNc1nc(CCN(C)C)nc(C(C)C)c1I. The van der Waals surface area contributed by atoms with Crippen molar-refractivity contribution in [2.75, 3.05) is 33.0 Å². The molecule has 0 fully saturated rings. The lowest BCUT2D eigenvalue weighted by Crippen LogP contribution is -2.18. The Morgan fingerprint density at radius 1 is 1.29 bits per heavy atom. The summed E-state index contributed by atoms with van der Waals surface area (Å²) < 4.78 is 1.13. The zero-order valence-corrected chi connectivity index (χ0v) is 13.4. The molecule has 1 aromatic heterocycles. The van der Waals surface area contributed by atoms with E-state index in [9.17, 15) is 0 Å². The van der Waals surface area contributed by atoms with Gasteiger partial charge in [0.15, 0.2) is 0 Å². The Bertz CT molecular complexity index is 377. The van der Waals surface area contributed by atoms with E-state index in [2.05, 4.69) is 70.7 Å². The molecule has 4 nitrogen and oxygen atoms in total. The first-order chi connectivity index (χ1) is 7.95. The maximum absolute atomic E-state index is 4.67. The van der Waals surface area contributed by atoms with Gasteiger partial charge in [0, 0.05) is 20.0 Å². The van der Waals surface area contributed by atoms with Crippen LogP contribution >= 0.6 is 22.6 Å². The average molecular weight is 348 g/mol. The van der Waals surface area contributed by atoms with Gasteiger partial charge in [0.1, 0.15) is 11.6 Å². The van der Waals surface area contributed by atoms with E-state index in [-0.39, 0.29) is 0 Å². The highest BCUT2D eigenvalue weighted by atomic mass is 127. The van der Waals surface area contributed by atoms with Gasteiger partial charge >= 0.3 is 0 Å². The normalized spacial score (nSPS) is 11.3. The van der Waals surface area contributed by atoms with Crippen LogP contribution in [0.25, 0.3) is 0 Å². The summed E-state index contributed by atoms with van der Waals surface area (Å²) in [5.41, 5.74) is 1.14. The van der Waals surface area contributed by atoms with Crippen LogP contribution in [-0.4, -0.2) is 42.6 Å². The van der Waals surface area contributed by atoms with E-state index >= 15 is 0 Å². The fraction of sp³-hybridized carbons (Fsp3) is 0.667. The molecule has 1 rings (SSSR count). The number of hydrogen-bond donors (Lipinski definition) is 1. The van der Waals surface area contributed by atoms with E-state index in [0.717, 1.165) is 33.9 Å². The van der Waals surface area contributed by atoms with Crippen molar-refractivity contribution in [1.82, 2.24) is 14.9 Å². The third-order valence-corrected chi connectivity index (χ3v) is 3.55. The molecule has 5 heteroatoms. The van der Waals surface area contributed by atoms with Crippen molar-refractivity contribution in [2.45, 2.75) is 26.2 Å². The first-order valence-corrected chi connectivity index (χ1v) is 6.92. The molecule has 1 aromatic rings. The molecule has 0 aromatic carbocycles. The number of likely N-dealkylation sites (N-methyl/N-ethyl adjacent to an activating group) is 1. The second-order valence-electron chi connectivity index (χ2n) is 4.65. The molecule has 0 saturated carbocycles. The Hall–Kier alpha value is -0.430. The van der Waals surface area contributed by atoms with Gasteiger partial charge in [-0.2, -0.15) is 0 Å². The second kappa shape index (κ2) is 6.49. The maximum atomic E-state index is 4.67. The minimum absolute atomic E-state index is 0.426. The summed E-state index contributed by atoms with van der Waals surface area (Å²) in [5.74, 6) is 2.29. The Kier molecular flexibility index (Phi) is 5.58. The van der Waals surface area contributed by atoms with Crippen LogP contribution in [-0.2, 0) is 6.42 Å². The van der Waals surface area contributed by atoms with Crippen LogP contribution in [0.3, 0.4) is 0 Å². The lowest BCUT2D eigenvalue weighted by molar-refractivity contribution is 0.409. The summed E-state index contributed by atoms with van der Waals surface area (Å²) in [6.07, 6.45) is 0.887. The van der Waals surface area contributed by atoms with Crippen molar-refractivity contribution in [2.24, 2.45) is 0 Å². The smallest absolute Gasteiger partial charge is 0.143 e. The van der Waals surface area contributed by atoms with Crippen LogP contribution in [0, 0.1) is 3.57 Å². The highest BCUT2D eigenvalue weighted by molar-refractivity contribution is 14.1. The molecule has 0 amide bonds. The molecule has 0 radical (unpaired) electrons. The molecule has 0 unspecified atom stereocenters. The Morgan fingerprint density at radius 2 is 1.94 bits per heavy atom. The Morgan fingerprint density at radius 3 is 2.41 bits per heavy atom. The monoisotopic (exact) mass is 348 g/mol. The molecule has 1 N–H and O–H groups in total. The van der Waals surface area contributed by atoms with Gasteiger partial charge in [-0.1, -0.05) is 13.8 Å².